The number of nitrogens with zero attached hydrogens (tertiary/aromatic N) is 2. The number of aromatic hydroxyl groups is 1. The summed E-state index contributed by atoms with van der Waals surface area (Å²) in [6, 6.07) is 4.60. The van der Waals surface area contributed by atoms with Gasteiger partial charge >= 0.3 is 35.6 Å². The van der Waals surface area contributed by atoms with Gasteiger partial charge < -0.3 is 14.6 Å². The molecule has 2 atom stereocenters. The maximum atomic E-state index is 12.3. The van der Waals surface area contributed by atoms with E-state index in [1.807, 2.05) is 0 Å². The summed E-state index contributed by atoms with van der Waals surface area (Å²) in [4.78, 5) is 37.7. The molecule has 10 nitrogen and oxygen atoms in total. The monoisotopic (exact) mass is 404 g/mol. The van der Waals surface area contributed by atoms with Crippen molar-refractivity contribution in [2.45, 2.75) is 31.3 Å². The first-order chi connectivity index (χ1) is 12.5. The third-order valence-corrected chi connectivity index (χ3v) is 4.58. The van der Waals surface area contributed by atoms with E-state index in [-0.39, 0.29) is 60.1 Å². The smallest absolute Gasteiger partial charge is 0.774 e. The van der Waals surface area contributed by atoms with Crippen molar-refractivity contribution in [2.24, 2.45) is 0 Å². The summed E-state index contributed by atoms with van der Waals surface area (Å²) in [6.45, 7) is 0.291. The average molecular weight is 404 g/mol. The fourth-order valence-corrected chi connectivity index (χ4v) is 3.34. The second-order valence-corrected chi connectivity index (χ2v) is 6.32. The van der Waals surface area contributed by atoms with E-state index in [4.69, 9.17) is 4.28 Å². The van der Waals surface area contributed by atoms with Gasteiger partial charge in [0.2, 0.25) is 5.91 Å². The summed E-state index contributed by atoms with van der Waals surface area (Å²) in [5, 5.41) is 10.2. The van der Waals surface area contributed by atoms with Crippen LogP contribution < -0.4 is 40.4 Å². The average Bonchev–Trinajstić information content (AvgIpc) is 2.87. The first-order valence-corrected chi connectivity index (χ1v) is 8.59. The van der Waals surface area contributed by atoms with Crippen LogP contribution in [0.2, 0.25) is 0 Å². The fourth-order valence-electron chi connectivity index (χ4n) is 3.09. The molecule has 12 heteroatoms. The summed E-state index contributed by atoms with van der Waals surface area (Å²) in [6.07, 6.45) is 0.945. The van der Waals surface area contributed by atoms with E-state index in [1.54, 1.807) is 12.1 Å². The quantitative estimate of drug-likeness (QED) is 0.272. The van der Waals surface area contributed by atoms with Gasteiger partial charge in [-0.05, 0) is 30.5 Å². The number of hydrogen-bond acceptors (Lipinski definition) is 7. The molecular formula is C15H17N4NaO6S. The number of hydrogen-bond donors (Lipinski definition) is 3. The minimum Gasteiger partial charge on any atom is -0.774 e. The topological polar surface area (TPSA) is 134 Å². The largest absolute Gasteiger partial charge is 1.00 e. The molecule has 0 spiro atoms. The van der Waals surface area contributed by atoms with Gasteiger partial charge in [0.05, 0.1) is 12.5 Å². The molecule has 2 bridgehead atoms. The Kier molecular flexibility index (Phi) is 7.77. The van der Waals surface area contributed by atoms with Gasteiger partial charge in [0, 0.05) is 6.54 Å². The van der Waals surface area contributed by atoms with Gasteiger partial charge in [-0.3, -0.25) is 20.4 Å². The van der Waals surface area contributed by atoms with Crippen LogP contribution in [-0.4, -0.2) is 56.1 Å². The Hall–Kier alpha value is -1.50. The van der Waals surface area contributed by atoms with Crippen LogP contribution in [0.25, 0.3) is 0 Å². The minimum atomic E-state index is -0.738. The zero-order valence-corrected chi connectivity index (χ0v) is 17.4. The number of hydrazine groups is 1. The van der Waals surface area contributed by atoms with Crippen LogP contribution in [0.5, 0.6) is 5.75 Å². The molecule has 1 aromatic rings. The summed E-state index contributed by atoms with van der Waals surface area (Å²) in [5.74, 6) is -0.840. The number of hydroxylamine groups is 2. The first-order valence-electron chi connectivity index (χ1n) is 7.92. The second kappa shape index (κ2) is 9.62. The molecule has 3 N–H and O–H groups in total. The van der Waals surface area contributed by atoms with E-state index in [2.05, 4.69) is 10.9 Å². The number of rotatable bonds is 5. The van der Waals surface area contributed by atoms with Crippen LogP contribution >= 0.6 is 12.3 Å². The summed E-state index contributed by atoms with van der Waals surface area (Å²) in [5.41, 5.74) is 5.31. The molecule has 2 saturated heterocycles. The third kappa shape index (κ3) is 5.06. The normalized spacial score (nSPS) is 20.9. The zero-order valence-electron chi connectivity index (χ0n) is 14.6. The van der Waals surface area contributed by atoms with Gasteiger partial charge in [-0.1, -0.05) is 24.5 Å². The number of urea groups is 1. The number of benzene rings is 1. The molecule has 2 heterocycles. The molecular weight excluding hydrogens is 387 g/mol. The van der Waals surface area contributed by atoms with Crippen molar-refractivity contribution in [3.05, 3.63) is 29.8 Å². The number of fused-ring (bicyclic) bond motifs is 2. The van der Waals surface area contributed by atoms with E-state index < -0.39 is 23.9 Å². The van der Waals surface area contributed by atoms with E-state index in [0.29, 0.717) is 24.9 Å². The second-order valence-electron chi connectivity index (χ2n) is 6.03. The molecule has 1 aromatic carbocycles. The molecule has 140 valence electrons. The number of piperidine rings is 1. The number of amides is 4. The summed E-state index contributed by atoms with van der Waals surface area (Å²) < 4.78 is 15.2. The van der Waals surface area contributed by atoms with Crippen molar-refractivity contribution >= 4 is 30.2 Å². The number of nitrogens with one attached hydrogen (secondary N) is 2. The van der Waals surface area contributed by atoms with Crippen molar-refractivity contribution in [1.29, 1.82) is 0 Å². The van der Waals surface area contributed by atoms with Gasteiger partial charge in [0.15, 0.2) is 0 Å². The predicted octanol–water partition coefficient (Wildman–Crippen LogP) is -2.94. The van der Waals surface area contributed by atoms with Crippen LogP contribution in [0.3, 0.4) is 0 Å². The Balaban J connectivity index is 0.00000261. The number of phenols is 1. The number of phenolic OH excluding ortho intramolecular Hbond substituents is 1. The molecule has 0 aromatic heterocycles. The molecule has 4 amide bonds. The maximum absolute atomic E-state index is 12.3. The molecule has 0 aliphatic carbocycles. The van der Waals surface area contributed by atoms with Crippen LogP contribution in [-0.2, 0) is 20.3 Å². The van der Waals surface area contributed by atoms with E-state index in [0.717, 1.165) is 5.06 Å². The summed E-state index contributed by atoms with van der Waals surface area (Å²) >= 11 is -0.168. The zero-order chi connectivity index (χ0) is 18.7. The molecule has 2 aliphatic heterocycles. The number of carbonyl (C=O) groups is 3. The van der Waals surface area contributed by atoms with E-state index >= 15 is 0 Å². The van der Waals surface area contributed by atoms with E-state index in [9.17, 15) is 24.0 Å². The van der Waals surface area contributed by atoms with Gasteiger partial charge in [0.25, 0.3) is 5.91 Å². The molecule has 2 unspecified atom stereocenters. The van der Waals surface area contributed by atoms with Gasteiger partial charge in [-0.15, -0.1) is 0 Å². The third-order valence-electron chi connectivity index (χ3n) is 4.36. The summed E-state index contributed by atoms with van der Waals surface area (Å²) in [7, 11) is 0. The van der Waals surface area contributed by atoms with Crippen LogP contribution in [0.15, 0.2) is 24.3 Å². The fraction of sp³-hybridized carbons (Fsp3) is 0.400. The number of carbonyl (C=O) groups excluding carboxylic acids is 3. The van der Waals surface area contributed by atoms with Crippen molar-refractivity contribution in [3.8, 4) is 5.75 Å². The van der Waals surface area contributed by atoms with Crippen LogP contribution in [0, 0.1) is 0 Å². The van der Waals surface area contributed by atoms with Gasteiger partial charge in [-0.25, -0.2) is 9.08 Å². The molecule has 2 aliphatic rings. The molecule has 27 heavy (non-hydrogen) atoms. The van der Waals surface area contributed by atoms with Crippen molar-refractivity contribution in [1.82, 2.24) is 20.8 Å². The Morgan fingerprint density at radius 3 is 2.63 bits per heavy atom. The van der Waals surface area contributed by atoms with Gasteiger partial charge in [0.1, 0.15) is 11.8 Å². The molecule has 3 rings (SSSR count). The SMILES string of the molecule is O=C(Cc1ccc(O)cc1)NNC(=O)C1CCC2CN1C(=O)N2OS[O-].[Na+]. The Morgan fingerprint density at radius 2 is 1.96 bits per heavy atom. The van der Waals surface area contributed by atoms with Gasteiger partial charge in [-0.2, -0.15) is 5.06 Å². The first kappa shape index (κ1) is 21.8. The van der Waals surface area contributed by atoms with Crippen molar-refractivity contribution < 1.29 is 57.9 Å². The Bertz CT molecular complexity index is 706. The predicted molar refractivity (Wildman–Crippen MR) is 88.3 cm³/mol. The minimum absolute atomic E-state index is 0. The molecule has 0 radical (unpaired) electrons. The van der Waals surface area contributed by atoms with Crippen LogP contribution in [0.1, 0.15) is 18.4 Å². The van der Waals surface area contributed by atoms with Crippen LogP contribution in [0.4, 0.5) is 4.79 Å². The Labute approximate surface area is 181 Å². The maximum Gasteiger partial charge on any atom is 1.00 e. The molecule has 0 saturated carbocycles. The Morgan fingerprint density at radius 1 is 1.26 bits per heavy atom. The standard InChI is InChI=1S/C15H18N4O6S.Na/c20-11-4-1-9(2-5-11)7-13(21)16-17-14(22)12-6-3-10-8-18(12)15(23)19(10)25-26-24;/h1-2,4-5,10,12,20,24H,3,6-8H2,(H,16,21)(H,17,22);/q;+1/p-1. The molecule has 2 fully saturated rings. The van der Waals surface area contributed by atoms with Crippen molar-refractivity contribution in [3.63, 3.8) is 0 Å². The van der Waals surface area contributed by atoms with E-state index in [1.165, 1.54) is 17.0 Å². The van der Waals surface area contributed by atoms with Crippen molar-refractivity contribution in [2.75, 3.05) is 6.54 Å².